The summed E-state index contributed by atoms with van der Waals surface area (Å²) in [5.41, 5.74) is 4.18. The first-order valence-electron chi connectivity index (χ1n) is 8.38. The van der Waals surface area contributed by atoms with Gasteiger partial charge in [0, 0.05) is 4.88 Å². The monoisotopic (exact) mass is 398 g/mol. The number of ether oxygens (including phenoxy) is 1. The number of aryl methyl sites for hydroxylation is 2. The third-order valence-electron chi connectivity index (χ3n) is 4.15. The number of carbonyl (C=O) groups is 2. The van der Waals surface area contributed by atoms with Crippen LogP contribution in [0.15, 0.2) is 34.2 Å². The molecule has 0 aliphatic rings. The highest BCUT2D eigenvalue weighted by atomic mass is 32.1. The molecule has 2 heterocycles. The van der Waals surface area contributed by atoms with Crippen LogP contribution in [-0.4, -0.2) is 35.2 Å². The quantitative estimate of drug-likeness (QED) is 0.388. The molecule has 28 heavy (non-hydrogen) atoms. The van der Waals surface area contributed by atoms with E-state index in [2.05, 4.69) is 25.2 Å². The van der Waals surface area contributed by atoms with Crippen molar-refractivity contribution in [2.75, 3.05) is 7.11 Å². The molecule has 0 bridgehead atoms. The van der Waals surface area contributed by atoms with Gasteiger partial charge in [0.05, 0.1) is 30.7 Å². The van der Waals surface area contributed by atoms with E-state index >= 15 is 0 Å². The number of nitrogens with zero attached hydrogens (tertiary/aromatic N) is 2. The third-order valence-corrected chi connectivity index (χ3v) is 5.25. The van der Waals surface area contributed by atoms with Crippen LogP contribution in [0.25, 0.3) is 10.2 Å². The third kappa shape index (κ3) is 4.15. The summed E-state index contributed by atoms with van der Waals surface area (Å²) in [6.45, 7) is 3.81. The SMILES string of the molecule is COC(=O)c1ccc(/C=N/NC(=O)Cc2nc3sc(C)c(C)c3c(=O)[nH]2)cc1. The molecule has 0 radical (unpaired) electrons. The summed E-state index contributed by atoms with van der Waals surface area (Å²) in [6.07, 6.45) is 1.35. The smallest absolute Gasteiger partial charge is 0.337 e. The minimum absolute atomic E-state index is 0.0974. The van der Waals surface area contributed by atoms with Crippen molar-refractivity contribution >= 4 is 39.6 Å². The lowest BCUT2D eigenvalue weighted by molar-refractivity contribution is -0.120. The second-order valence-electron chi connectivity index (χ2n) is 6.06. The summed E-state index contributed by atoms with van der Waals surface area (Å²) in [7, 11) is 1.31. The van der Waals surface area contributed by atoms with Crippen LogP contribution in [0.5, 0.6) is 0 Å². The topological polar surface area (TPSA) is 114 Å². The summed E-state index contributed by atoms with van der Waals surface area (Å²) in [4.78, 5) is 44.3. The molecule has 0 saturated heterocycles. The number of H-pyrrole nitrogens is 1. The fourth-order valence-electron chi connectivity index (χ4n) is 2.58. The van der Waals surface area contributed by atoms with Gasteiger partial charge in [-0.25, -0.2) is 15.2 Å². The van der Waals surface area contributed by atoms with Gasteiger partial charge in [0.25, 0.3) is 5.56 Å². The number of esters is 1. The fraction of sp³-hybridized carbons (Fsp3) is 0.211. The van der Waals surface area contributed by atoms with Crippen LogP contribution < -0.4 is 11.0 Å². The van der Waals surface area contributed by atoms with Crippen LogP contribution in [0.2, 0.25) is 0 Å². The largest absolute Gasteiger partial charge is 0.465 e. The Morgan fingerprint density at radius 3 is 2.68 bits per heavy atom. The minimum Gasteiger partial charge on any atom is -0.465 e. The number of aromatic nitrogens is 2. The standard InChI is InChI=1S/C19H18N4O4S/c1-10-11(2)28-18-16(10)17(25)21-14(22-18)8-15(24)23-20-9-12-4-6-13(7-5-12)19(26)27-3/h4-7,9H,8H2,1-3H3,(H,23,24)(H,21,22,25)/b20-9+. The van der Waals surface area contributed by atoms with Crippen molar-refractivity contribution in [1.29, 1.82) is 0 Å². The first kappa shape index (κ1) is 19.4. The highest BCUT2D eigenvalue weighted by Gasteiger charge is 2.13. The number of aromatic amines is 1. The molecule has 0 saturated carbocycles. The van der Waals surface area contributed by atoms with Gasteiger partial charge in [0.15, 0.2) is 0 Å². The number of hydrogen-bond donors (Lipinski definition) is 2. The van der Waals surface area contributed by atoms with Crippen LogP contribution in [0.1, 0.15) is 32.2 Å². The molecule has 3 aromatic rings. The van der Waals surface area contributed by atoms with Crippen LogP contribution in [0.3, 0.4) is 0 Å². The van der Waals surface area contributed by atoms with E-state index in [1.807, 2.05) is 13.8 Å². The number of carbonyl (C=O) groups excluding carboxylic acids is 2. The Balaban J connectivity index is 1.64. The molecule has 8 nitrogen and oxygen atoms in total. The van der Waals surface area contributed by atoms with Gasteiger partial charge in [-0.05, 0) is 37.1 Å². The molecule has 0 unspecified atom stereocenters. The summed E-state index contributed by atoms with van der Waals surface area (Å²) in [5.74, 6) is -0.546. The molecule has 0 atom stereocenters. The molecule has 2 aromatic heterocycles. The number of hydrogen-bond acceptors (Lipinski definition) is 7. The highest BCUT2D eigenvalue weighted by molar-refractivity contribution is 7.18. The molecule has 0 fully saturated rings. The van der Waals surface area contributed by atoms with Crippen molar-refractivity contribution in [3.8, 4) is 0 Å². The fourth-order valence-corrected chi connectivity index (χ4v) is 3.63. The Morgan fingerprint density at radius 1 is 1.29 bits per heavy atom. The van der Waals surface area contributed by atoms with Gasteiger partial charge in [-0.2, -0.15) is 5.10 Å². The van der Waals surface area contributed by atoms with Crippen LogP contribution in [0.4, 0.5) is 0 Å². The maximum atomic E-state index is 12.2. The molecular formula is C19H18N4O4S. The second kappa shape index (κ2) is 8.13. The average molecular weight is 398 g/mol. The van der Waals surface area contributed by atoms with Gasteiger partial charge in [0.1, 0.15) is 10.7 Å². The van der Waals surface area contributed by atoms with E-state index in [4.69, 9.17) is 0 Å². The Labute approximate surface area is 164 Å². The van der Waals surface area contributed by atoms with Crippen molar-refractivity contribution in [3.63, 3.8) is 0 Å². The molecule has 9 heteroatoms. The molecular weight excluding hydrogens is 380 g/mol. The summed E-state index contributed by atoms with van der Waals surface area (Å²) in [6, 6.07) is 6.56. The molecule has 1 aromatic carbocycles. The Morgan fingerprint density at radius 2 is 2.00 bits per heavy atom. The number of thiophene rings is 1. The molecule has 3 rings (SSSR count). The van der Waals surface area contributed by atoms with Crippen LogP contribution in [-0.2, 0) is 16.0 Å². The van der Waals surface area contributed by atoms with E-state index in [9.17, 15) is 14.4 Å². The van der Waals surface area contributed by atoms with Gasteiger partial charge in [0.2, 0.25) is 5.91 Å². The number of benzene rings is 1. The second-order valence-corrected chi connectivity index (χ2v) is 7.26. The van der Waals surface area contributed by atoms with Gasteiger partial charge < -0.3 is 9.72 Å². The lowest BCUT2D eigenvalue weighted by atomic mass is 10.1. The molecule has 0 spiro atoms. The van der Waals surface area contributed by atoms with E-state index in [1.54, 1.807) is 24.3 Å². The lowest BCUT2D eigenvalue weighted by Gasteiger charge is -2.01. The number of amides is 1. The normalized spacial score (nSPS) is 11.1. The zero-order valence-corrected chi connectivity index (χ0v) is 16.3. The molecule has 2 N–H and O–H groups in total. The van der Waals surface area contributed by atoms with Crippen molar-refractivity contribution in [1.82, 2.24) is 15.4 Å². The Hall–Kier alpha value is -3.33. The average Bonchev–Trinajstić information content (AvgIpc) is 2.95. The Bertz CT molecular complexity index is 1130. The first-order chi connectivity index (χ1) is 13.4. The van der Waals surface area contributed by atoms with E-state index in [-0.39, 0.29) is 17.8 Å². The Kier molecular flexibility index (Phi) is 5.65. The van der Waals surface area contributed by atoms with Crippen molar-refractivity contribution in [2.24, 2.45) is 5.10 Å². The van der Waals surface area contributed by atoms with Crippen LogP contribution in [0, 0.1) is 13.8 Å². The number of methoxy groups -OCH3 is 1. The zero-order chi connectivity index (χ0) is 20.3. The maximum absolute atomic E-state index is 12.2. The number of fused-ring (bicyclic) bond motifs is 1. The molecule has 1 amide bonds. The lowest BCUT2D eigenvalue weighted by Crippen LogP contribution is -2.23. The zero-order valence-electron chi connectivity index (χ0n) is 15.5. The number of hydrazone groups is 1. The minimum atomic E-state index is -0.425. The molecule has 0 aliphatic heterocycles. The predicted molar refractivity (Wildman–Crippen MR) is 107 cm³/mol. The summed E-state index contributed by atoms with van der Waals surface area (Å²) < 4.78 is 4.63. The predicted octanol–water partition coefficient (Wildman–Crippen LogP) is 2.08. The highest BCUT2D eigenvalue weighted by Crippen LogP contribution is 2.25. The van der Waals surface area contributed by atoms with Crippen molar-refractivity contribution < 1.29 is 14.3 Å². The van der Waals surface area contributed by atoms with Gasteiger partial charge >= 0.3 is 5.97 Å². The van der Waals surface area contributed by atoms with Crippen molar-refractivity contribution in [2.45, 2.75) is 20.3 Å². The molecule has 144 valence electrons. The van der Waals surface area contributed by atoms with Crippen molar-refractivity contribution in [3.05, 3.63) is 62.0 Å². The number of nitrogens with one attached hydrogen (secondary N) is 2. The van der Waals surface area contributed by atoms with E-state index < -0.39 is 11.9 Å². The van der Waals surface area contributed by atoms with Gasteiger partial charge in [-0.15, -0.1) is 11.3 Å². The number of rotatable bonds is 5. The van der Waals surface area contributed by atoms with Crippen LogP contribution >= 0.6 is 11.3 Å². The summed E-state index contributed by atoms with van der Waals surface area (Å²) >= 11 is 1.43. The van der Waals surface area contributed by atoms with Gasteiger partial charge in [-0.1, -0.05) is 12.1 Å². The summed E-state index contributed by atoms with van der Waals surface area (Å²) in [5, 5.41) is 4.45. The van der Waals surface area contributed by atoms with E-state index in [0.29, 0.717) is 21.3 Å². The molecule has 0 aliphatic carbocycles. The van der Waals surface area contributed by atoms with E-state index in [0.717, 1.165) is 10.4 Å². The van der Waals surface area contributed by atoms with Gasteiger partial charge in [-0.3, -0.25) is 9.59 Å². The maximum Gasteiger partial charge on any atom is 0.337 e. The van der Waals surface area contributed by atoms with E-state index in [1.165, 1.54) is 24.7 Å². The first-order valence-corrected chi connectivity index (χ1v) is 9.20.